The van der Waals surface area contributed by atoms with E-state index in [4.69, 9.17) is 4.74 Å². The lowest BCUT2D eigenvalue weighted by Gasteiger charge is -2.18. The highest BCUT2D eigenvalue weighted by molar-refractivity contribution is 9.10. The molecule has 0 saturated heterocycles. The van der Waals surface area contributed by atoms with Gasteiger partial charge in [-0.2, -0.15) is 0 Å². The summed E-state index contributed by atoms with van der Waals surface area (Å²) in [5.41, 5.74) is 1.19. The van der Waals surface area contributed by atoms with Gasteiger partial charge in [-0.25, -0.2) is 0 Å². The van der Waals surface area contributed by atoms with Gasteiger partial charge in [0.05, 0.1) is 12.7 Å². The zero-order valence-electron chi connectivity index (χ0n) is 9.61. The Hall–Kier alpha value is -0.420. The van der Waals surface area contributed by atoms with Crippen LogP contribution in [0.1, 0.15) is 18.5 Å². The van der Waals surface area contributed by atoms with Crippen LogP contribution in [0.4, 0.5) is 0 Å². The van der Waals surface area contributed by atoms with Crippen LogP contribution in [-0.2, 0) is 4.74 Å². The largest absolute Gasteiger partial charge is 0.389 e. The maximum Gasteiger partial charge on any atom is 0.0897 e. The number of nitrogens with one attached hydrogen (secondary N) is 1. The van der Waals surface area contributed by atoms with Crippen molar-refractivity contribution in [2.24, 2.45) is 0 Å². The molecule has 1 aromatic rings. The minimum atomic E-state index is -0.463. The number of methoxy groups -OCH3 is 1. The lowest BCUT2D eigenvalue weighted by molar-refractivity contribution is 0.0630. The van der Waals surface area contributed by atoms with Gasteiger partial charge >= 0.3 is 0 Å². The Balaban J connectivity index is 2.46. The van der Waals surface area contributed by atoms with E-state index < -0.39 is 6.10 Å². The van der Waals surface area contributed by atoms with Crippen molar-refractivity contribution in [3.8, 4) is 0 Å². The molecular weight excluding hydrogens is 270 g/mol. The summed E-state index contributed by atoms with van der Waals surface area (Å²) in [6.45, 7) is 2.95. The van der Waals surface area contributed by atoms with Gasteiger partial charge in [0.25, 0.3) is 0 Å². The molecule has 2 N–H and O–H groups in total. The van der Waals surface area contributed by atoms with Crippen molar-refractivity contribution >= 4 is 15.9 Å². The minimum absolute atomic E-state index is 0.196. The van der Waals surface area contributed by atoms with E-state index in [-0.39, 0.29) is 6.04 Å². The number of hydrogen-bond donors (Lipinski definition) is 2. The number of halogens is 1. The molecule has 0 bridgehead atoms. The van der Waals surface area contributed by atoms with Gasteiger partial charge in [0.1, 0.15) is 0 Å². The van der Waals surface area contributed by atoms with Crippen molar-refractivity contribution in [2.45, 2.75) is 19.1 Å². The first-order chi connectivity index (χ1) is 7.65. The molecule has 0 amide bonds. The third-order valence-corrected chi connectivity index (χ3v) is 3.11. The summed E-state index contributed by atoms with van der Waals surface area (Å²) in [5.74, 6) is 0. The average Bonchev–Trinajstić information content (AvgIpc) is 2.27. The van der Waals surface area contributed by atoms with Crippen LogP contribution in [0.15, 0.2) is 28.7 Å². The number of ether oxygens (including phenoxy) is 1. The first kappa shape index (κ1) is 13.6. The smallest absolute Gasteiger partial charge is 0.0897 e. The number of benzene rings is 1. The fourth-order valence-corrected chi connectivity index (χ4v) is 2.13. The highest BCUT2D eigenvalue weighted by atomic mass is 79.9. The Labute approximate surface area is 105 Å². The number of hydrogen-bond acceptors (Lipinski definition) is 3. The second kappa shape index (κ2) is 7.01. The summed E-state index contributed by atoms with van der Waals surface area (Å²) in [4.78, 5) is 0. The molecule has 90 valence electrons. The molecule has 0 aliphatic rings. The fraction of sp³-hybridized carbons (Fsp3) is 0.500. The third kappa shape index (κ3) is 4.22. The van der Waals surface area contributed by atoms with Gasteiger partial charge in [-0.05, 0) is 18.6 Å². The van der Waals surface area contributed by atoms with Crippen LogP contribution in [0.5, 0.6) is 0 Å². The highest BCUT2D eigenvalue weighted by Crippen LogP contribution is 2.22. The number of rotatable bonds is 6. The Bertz CT molecular complexity index is 320. The third-order valence-electron chi connectivity index (χ3n) is 2.39. The normalized spacial score (nSPS) is 14.8. The molecular formula is C12H18BrNO2. The predicted octanol–water partition coefficient (Wildman–Crippen LogP) is 2.11. The lowest BCUT2D eigenvalue weighted by atomic mass is 10.1. The number of aliphatic hydroxyl groups is 1. The van der Waals surface area contributed by atoms with E-state index in [2.05, 4.69) is 34.2 Å². The Morgan fingerprint density at radius 1 is 1.44 bits per heavy atom. The topological polar surface area (TPSA) is 41.5 Å². The molecule has 0 saturated carbocycles. The maximum absolute atomic E-state index is 9.52. The summed E-state index contributed by atoms with van der Waals surface area (Å²) in [6, 6.07) is 8.26. The van der Waals surface area contributed by atoms with Gasteiger partial charge in [-0.3, -0.25) is 0 Å². The summed E-state index contributed by atoms with van der Waals surface area (Å²) >= 11 is 3.51. The van der Waals surface area contributed by atoms with Crippen LogP contribution in [0.25, 0.3) is 0 Å². The van der Waals surface area contributed by atoms with Crippen molar-refractivity contribution < 1.29 is 9.84 Å². The molecule has 0 fully saturated rings. The SMILES string of the molecule is COCC(O)CNC(C)c1ccccc1Br. The van der Waals surface area contributed by atoms with Crippen molar-refractivity contribution in [1.82, 2.24) is 5.32 Å². The zero-order valence-corrected chi connectivity index (χ0v) is 11.2. The molecule has 16 heavy (non-hydrogen) atoms. The van der Waals surface area contributed by atoms with Gasteiger partial charge in [0, 0.05) is 24.2 Å². The van der Waals surface area contributed by atoms with E-state index in [0.29, 0.717) is 13.2 Å². The Morgan fingerprint density at radius 2 is 2.12 bits per heavy atom. The lowest BCUT2D eigenvalue weighted by Crippen LogP contribution is -2.31. The van der Waals surface area contributed by atoms with E-state index >= 15 is 0 Å². The quantitative estimate of drug-likeness (QED) is 0.842. The first-order valence-electron chi connectivity index (χ1n) is 5.30. The molecule has 0 aromatic heterocycles. The molecule has 0 aliphatic carbocycles. The van der Waals surface area contributed by atoms with Crippen LogP contribution in [0.3, 0.4) is 0 Å². The average molecular weight is 288 g/mol. The van der Waals surface area contributed by atoms with Gasteiger partial charge < -0.3 is 15.2 Å². The minimum Gasteiger partial charge on any atom is -0.389 e. The zero-order chi connectivity index (χ0) is 12.0. The van der Waals surface area contributed by atoms with Crippen LogP contribution >= 0.6 is 15.9 Å². The van der Waals surface area contributed by atoms with E-state index in [0.717, 1.165) is 4.47 Å². The van der Waals surface area contributed by atoms with Crippen LogP contribution in [-0.4, -0.2) is 31.5 Å². The summed E-state index contributed by atoms with van der Waals surface area (Å²) < 4.78 is 5.95. The second-order valence-corrected chi connectivity index (χ2v) is 4.61. The molecule has 0 radical (unpaired) electrons. The van der Waals surface area contributed by atoms with E-state index in [1.165, 1.54) is 5.56 Å². The maximum atomic E-state index is 9.52. The Morgan fingerprint density at radius 3 is 2.75 bits per heavy atom. The predicted molar refractivity (Wildman–Crippen MR) is 68.4 cm³/mol. The van der Waals surface area contributed by atoms with Crippen molar-refractivity contribution in [2.75, 3.05) is 20.3 Å². The van der Waals surface area contributed by atoms with E-state index in [1.807, 2.05) is 18.2 Å². The van der Waals surface area contributed by atoms with E-state index in [1.54, 1.807) is 7.11 Å². The van der Waals surface area contributed by atoms with Crippen molar-refractivity contribution in [3.63, 3.8) is 0 Å². The van der Waals surface area contributed by atoms with Gasteiger partial charge in [-0.1, -0.05) is 34.1 Å². The van der Waals surface area contributed by atoms with Gasteiger partial charge in [0.15, 0.2) is 0 Å². The molecule has 1 aromatic carbocycles. The highest BCUT2D eigenvalue weighted by Gasteiger charge is 2.10. The van der Waals surface area contributed by atoms with Crippen molar-refractivity contribution in [1.29, 1.82) is 0 Å². The molecule has 3 nitrogen and oxygen atoms in total. The first-order valence-corrected chi connectivity index (χ1v) is 6.09. The molecule has 2 atom stereocenters. The van der Waals surface area contributed by atoms with Gasteiger partial charge in [-0.15, -0.1) is 0 Å². The van der Waals surface area contributed by atoms with E-state index in [9.17, 15) is 5.11 Å². The summed E-state index contributed by atoms with van der Waals surface area (Å²) in [7, 11) is 1.58. The summed E-state index contributed by atoms with van der Waals surface area (Å²) in [6.07, 6.45) is -0.463. The molecule has 1 rings (SSSR count). The molecule has 0 heterocycles. The molecule has 4 heteroatoms. The Kier molecular flexibility index (Phi) is 5.98. The molecule has 0 spiro atoms. The van der Waals surface area contributed by atoms with Crippen LogP contribution in [0.2, 0.25) is 0 Å². The second-order valence-electron chi connectivity index (χ2n) is 3.76. The number of aliphatic hydroxyl groups excluding tert-OH is 1. The van der Waals surface area contributed by atoms with Crippen LogP contribution < -0.4 is 5.32 Å². The van der Waals surface area contributed by atoms with Crippen molar-refractivity contribution in [3.05, 3.63) is 34.3 Å². The summed E-state index contributed by atoms with van der Waals surface area (Å²) in [5, 5.41) is 12.8. The van der Waals surface area contributed by atoms with Gasteiger partial charge in [0.2, 0.25) is 0 Å². The fourth-order valence-electron chi connectivity index (χ4n) is 1.50. The van der Waals surface area contributed by atoms with Crippen LogP contribution in [0, 0.1) is 0 Å². The molecule has 0 aliphatic heterocycles. The molecule has 2 unspecified atom stereocenters. The standard InChI is InChI=1S/C12H18BrNO2/c1-9(14-7-10(15)8-16-2)11-5-3-4-6-12(11)13/h3-6,9-10,14-15H,7-8H2,1-2H3. The monoisotopic (exact) mass is 287 g/mol.